The molecule has 176 valence electrons. The lowest BCUT2D eigenvalue weighted by atomic mass is 9.88. The van der Waals surface area contributed by atoms with Gasteiger partial charge in [0.25, 0.3) is 0 Å². The molecule has 0 radical (unpaired) electrons. The van der Waals surface area contributed by atoms with Crippen LogP contribution in [0.15, 0.2) is 60.6 Å². The molecule has 0 fully saturated rings. The number of rotatable bonds is 4. The first-order chi connectivity index (χ1) is 15.4. The smallest absolute Gasteiger partial charge is 0.451 e. The standard InChI is InChI=1S/C21H18F6N4O2/c1-19(2,17-30-13(11-3-7-28-8-4-11)15(32-17)20(22,23)24)18-31-14(12-5-9-29-10-6-12)16(33-18)21(25,26)27/h3-10,17-18,30-31H,1-2H3. The Morgan fingerprint density at radius 3 is 1.30 bits per heavy atom. The third kappa shape index (κ3) is 4.29. The topological polar surface area (TPSA) is 68.3 Å². The largest absolute Gasteiger partial charge is 0.463 e. The lowest BCUT2D eigenvalue weighted by Gasteiger charge is -2.36. The van der Waals surface area contributed by atoms with Crippen molar-refractivity contribution >= 4 is 11.4 Å². The van der Waals surface area contributed by atoms with Crippen LogP contribution in [0, 0.1) is 5.41 Å². The predicted octanol–water partition coefficient (Wildman–Crippen LogP) is 4.56. The Morgan fingerprint density at radius 2 is 1.00 bits per heavy atom. The van der Waals surface area contributed by atoms with Gasteiger partial charge in [0.1, 0.15) is 0 Å². The van der Waals surface area contributed by atoms with Gasteiger partial charge in [0.15, 0.2) is 12.5 Å². The quantitative estimate of drug-likeness (QED) is 0.637. The Kier molecular flexibility index (Phi) is 5.41. The number of nitrogens with zero attached hydrogens (tertiary/aromatic N) is 2. The number of allylic oxidation sites excluding steroid dienone is 2. The van der Waals surface area contributed by atoms with Crippen molar-refractivity contribution in [1.29, 1.82) is 0 Å². The fourth-order valence-corrected chi connectivity index (χ4v) is 3.50. The molecule has 2 unspecified atom stereocenters. The third-order valence-electron chi connectivity index (χ3n) is 5.28. The van der Waals surface area contributed by atoms with Crippen LogP contribution in [0.2, 0.25) is 0 Å². The number of pyridine rings is 2. The van der Waals surface area contributed by atoms with Crippen LogP contribution in [0.5, 0.6) is 0 Å². The number of halogens is 6. The van der Waals surface area contributed by atoms with Gasteiger partial charge in [0.2, 0.25) is 11.5 Å². The number of aromatic nitrogens is 2. The van der Waals surface area contributed by atoms with Gasteiger partial charge in [-0.1, -0.05) is 0 Å². The minimum atomic E-state index is -4.84. The predicted molar refractivity (Wildman–Crippen MR) is 104 cm³/mol. The van der Waals surface area contributed by atoms with E-state index < -0.39 is 41.7 Å². The molecule has 2 aromatic rings. The van der Waals surface area contributed by atoms with Crippen LogP contribution < -0.4 is 10.6 Å². The summed E-state index contributed by atoms with van der Waals surface area (Å²) in [6.45, 7) is 2.88. The molecule has 4 rings (SSSR count). The highest BCUT2D eigenvalue weighted by Gasteiger charge is 2.55. The van der Waals surface area contributed by atoms with E-state index in [2.05, 4.69) is 20.6 Å². The minimum Gasteiger partial charge on any atom is -0.463 e. The monoisotopic (exact) mass is 472 g/mol. The molecular formula is C21H18F6N4O2. The second-order valence-corrected chi connectivity index (χ2v) is 7.98. The summed E-state index contributed by atoms with van der Waals surface area (Å²) >= 11 is 0. The summed E-state index contributed by atoms with van der Waals surface area (Å²) in [6, 6.07) is 5.45. The van der Waals surface area contributed by atoms with E-state index in [4.69, 9.17) is 9.47 Å². The Labute approximate surface area is 184 Å². The number of ether oxygens (including phenoxy) is 2. The summed E-state index contributed by atoms with van der Waals surface area (Å²) in [5, 5.41) is 5.34. The number of alkyl halides is 6. The van der Waals surface area contributed by atoms with E-state index in [0.717, 1.165) is 0 Å². The maximum atomic E-state index is 13.7. The van der Waals surface area contributed by atoms with E-state index in [1.807, 2.05) is 0 Å². The zero-order valence-corrected chi connectivity index (χ0v) is 17.3. The summed E-state index contributed by atoms with van der Waals surface area (Å²) in [5.74, 6) is -2.55. The number of nitrogens with one attached hydrogen (secondary N) is 2. The Bertz CT molecular complexity index is 996. The molecule has 0 aromatic carbocycles. The van der Waals surface area contributed by atoms with Gasteiger partial charge >= 0.3 is 12.4 Å². The van der Waals surface area contributed by atoms with Gasteiger partial charge < -0.3 is 20.1 Å². The second-order valence-electron chi connectivity index (χ2n) is 7.98. The third-order valence-corrected chi connectivity index (χ3v) is 5.28. The van der Waals surface area contributed by atoms with Crippen LogP contribution in [0.4, 0.5) is 26.3 Å². The number of hydrogen-bond acceptors (Lipinski definition) is 6. The molecule has 6 nitrogen and oxygen atoms in total. The van der Waals surface area contributed by atoms with Crippen molar-refractivity contribution in [3.8, 4) is 0 Å². The summed E-state index contributed by atoms with van der Waals surface area (Å²) in [7, 11) is 0. The van der Waals surface area contributed by atoms with Crippen LogP contribution >= 0.6 is 0 Å². The Balaban J connectivity index is 1.63. The van der Waals surface area contributed by atoms with Crippen LogP contribution in [0.3, 0.4) is 0 Å². The molecule has 33 heavy (non-hydrogen) atoms. The average Bonchev–Trinajstić information content (AvgIpc) is 3.41. The average molecular weight is 472 g/mol. The molecular weight excluding hydrogens is 454 g/mol. The van der Waals surface area contributed by atoms with Crippen LogP contribution in [-0.4, -0.2) is 34.8 Å². The van der Waals surface area contributed by atoms with Gasteiger partial charge in [-0.25, -0.2) is 0 Å². The summed E-state index contributed by atoms with van der Waals surface area (Å²) in [6.07, 6.45) is -7.12. The first-order valence-electron chi connectivity index (χ1n) is 9.69. The molecule has 0 aliphatic carbocycles. The molecule has 0 amide bonds. The van der Waals surface area contributed by atoms with Crippen molar-refractivity contribution in [2.75, 3.05) is 0 Å². The molecule has 2 atom stereocenters. The van der Waals surface area contributed by atoms with Crippen LogP contribution in [-0.2, 0) is 9.47 Å². The van der Waals surface area contributed by atoms with E-state index in [0.29, 0.717) is 0 Å². The first-order valence-corrected chi connectivity index (χ1v) is 9.69. The van der Waals surface area contributed by atoms with Crippen molar-refractivity contribution in [2.24, 2.45) is 5.41 Å². The zero-order valence-electron chi connectivity index (χ0n) is 17.3. The van der Waals surface area contributed by atoms with Crippen molar-refractivity contribution in [3.63, 3.8) is 0 Å². The summed E-state index contributed by atoms with van der Waals surface area (Å²) in [5.41, 5.74) is -1.74. The van der Waals surface area contributed by atoms with E-state index in [1.165, 1.54) is 62.9 Å². The highest BCUT2D eigenvalue weighted by Crippen LogP contribution is 2.46. The van der Waals surface area contributed by atoms with Gasteiger partial charge in [-0.3, -0.25) is 9.97 Å². The van der Waals surface area contributed by atoms with E-state index in [1.54, 1.807) is 0 Å². The van der Waals surface area contributed by atoms with E-state index in [9.17, 15) is 26.3 Å². The lowest BCUT2D eigenvalue weighted by Crippen LogP contribution is -2.51. The highest BCUT2D eigenvalue weighted by molar-refractivity contribution is 5.69. The fraction of sp³-hybridized carbons (Fsp3) is 0.333. The maximum Gasteiger partial charge on any atom is 0.451 e. The van der Waals surface area contributed by atoms with Crippen LogP contribution in [0.25, 0.3) is 11.4 Å². The molecule has 0 saturated carbocycles. The Hall–Kier alpha value is -3.44. The Morgan fingerprint density at radius 1 is 0.667 bits per heavy atom. The van der Waals surface area contributed by atoms with Gasteiger partial charge in [0, 0.05) is 35.9 Å². The van der Waals surface area contributed by atoms with Gasteiger partial charge in [-0.2, -0.15) is 26.3 Å². The molecule has 4 heterocycles. The molecule has 2 aliphatic rings. The highest BCUT2D eigenvalue weighted by atomic mass is 19.4. The van der Waals surface area contributed by atoms with Crippen molar-refractivity contribution in [3.05, 3.63) is 71.7 Å². The van der Waals surface area contributed by atoms with Crippen molar-refractivity contribution in [1.82, 2.24) is 20.6 Å². The normalized spacial score (nSPS) is 21.5. The SMILES string of the molecule is CC(C)(C1NC(c2ccncc2)=C(C(F)(F)F)O1)C1NC(c2ccncc2)=C(C(F)(F)F)O1. The van der Waals surface area contributed by atoms with Crippen LogP contribution in [0.1, 0.15) is 25.0 Å². The molecule has 0 saturated heterocycles. The molecule has 0 bridgehead atoms. The van der Waals surface area contributed by atoms with E-state index >= 15 is 0 Å². The second kappa shape index (κ2) is 7.85. The minimum absolute atomic E-state index is 0.169. The van der Waals surface area contributed by atoms with Gasteiger partial charge in [-0.05, 0) is 38.1 Å². The molecule has 2 aliphatic heterocycles. The summed E-state index contributed by atoms with van der Waals surface area (Å²) < 4.78 is 92.6. The zero-order chi connectivity index (χ0) is 24.0. The van der Waals surface area contributed by atoms with Crippen molar-refractivity contribution < 1.29 is 35.8 Å². The molecule has 12 heteroatoms. The molecule has 2 N–H and O–H groups in total. The van der Waals surface area contributed by atoms with Gasteiger partial charge in [-0.15, -0.1) is 0 Å². The van der Waals surface area contributed by atoms with E-state index in [-0.39, 0.29) is 22.5 Å². The molecule has 0 spiro atoms. The molecule has 2 aromatic heterocycles. The maximum absolute atomic E-state index is 13.7. The lowest BCUT2D eigenvalue weighted by molar-refractivity contribution is -0.168. The van der Waals surface area contributed by atoms with Crippen molar-refractivity contribution in [2.45, 2.75) is 38.7 Å². The fourth-order valence-electron chi connectivity index (χ4n) is 3.50. The summed E-state index contributed by atoms with van der Waals surface area (Å²) in [4.78, 5) is 7.57. The number of hydrogen-bond donors (Lipinski definition) is 2. The first kappa shape index (κ1) is 22.7. The van der Waals surface area contributed by atoms with Gasteiger partial charge in [0.05, 0.1) is 16.8 Å².